The number of hydrogen-bond acceptors (Lipinski definition) is 2. The number of ether oxygens (including phenoxy) is 1. The third-order valence-corrected chi connectivity index (χ3v) is 3.40. The van der Waals surface area contributed by atoms with Gasteiger partial charge in [-0.1, -0.05) is 40.9 Å². The zero-order valence-corrected chi connectivity index (χ0v) is 10.3. The minimum Gasteiger partial charge on any atom is -0.461 e. The van der Waals surface area contributed by atoms with Crippen LogP contribution in [0, 0.1) is 0 Å². The highest BCUT2D eigenvalue weighted by molar-refractivity contribution is 6.42. The summed E-state index contributed by atoms with van der Waals surface area (Å²) in [6, 6.07) is 4.96. The fourth-order valence-electron chi connectivity index (χ4n) is 1.50. The van der Waals surface area contributed by atoms with E-state index in [1.807, 2.05) is 0 Å². The summed E-state index contributed by atoms with van der Waals surface area (Å²) in [6.07, 6.45) is 1.66. The van der Waals surface area contributed by atoms with Crippen LogP contribution in [0.5, 0.6) is 0 Å². The van der Waals surface area contributed by atoms with E-state index in [1.165, 1.54) is 0 Å². The van der Waals surface area contributed by atoms with Crippen molar-refractivity contribution in [2.45, 2.75) is 5.92 Å². The van der Waals surface area contributed by atoms with Crippen molar-refractivity contribution in [2.24, 2.45) is 0 Å². The summed E-state index contributed by atoms with van der Waals surface area (Å²) in [5.74, 6) is -0.962. The molecule has 5 heteroatoms. The molecule has 0 saturated heterocycles. The summed E-state index contributed by atoms with van der Waals surface area (Å²) in [5.41, 5.74) is 0.681. The molecule has 0 fully saturated rings. The predicted molar refractivity (Wildman–Crippen MR) is 64.1 cm³/mol. The Morgan fingerprint density at radius 2 is 1.94 bits per heavy atom. The van der Waals surface area contributed by atoms with E-state index in [0.29, 0.717) is 20.6 Å². The van der Waals surface area contributed by atoms with Crippen molar-refractivity contribution < 1.29 is 9.53 Å². The van der Waals surface area contributed by atoms with Crippen molar-refractivity contribution in [2.75, 3.05) is 6.61 Å². The van der Waals surface area contributed by atoms with Gasteiger partial charge in [0.1, 0.15) is 12.5 Å². The summed E-state index contributed by atoms with van der Waals surface area (Å²) < 4.78 is 4.91. The van der Waals surface area contributed by atoms with Gasteiger partial charge in [-0.15, -0.1) is 0 Å². The van der Waals surface area contributed by atoms with Gasteiger partial charge in [0.2, 0.25) is 0 Å². The van der Waals surface area contributed by atoms with Crippen LogP contribution in [0.25, 0.3) is 0 Å². The van der Waals surface area contributed by atoms with Crippen LogP contribution in [0.2, 0.25) is 10.0 Å². The molecule has 1 heterocycles. The second-order valence-electron chi connectivity index (χ2n) is 3.33. The molecule has 1 aliphatic rings. The van der Waals surface area contributed by atoms with Crippen molar-refractivity contribution in [3.63, 3.8) is 0 Å². The van der Waals surface area contributed by atoms with E-state index in [4.69, 9.17) is 39.5 Å². The number of carbonyl (C=O) groups excluding carboxylic acids is 1. The van der Waals surface area contributed by atoms with Crippen LogP contribution in [-0.4, -0.2) is 12.6 Å². The van der Waals surface area contributed by atoms with E-state index in [2.05, 4.69) is 0 Å². The summed E-state index contributed by atoms with van der Waals surface area (Å²) in [7, 11) is 0. The lowest BCUT2D eigenvalue weighted by Gasteiger charge is -2.19. The quantitative estimate of drug-likeness (QED) is 0.731. The Kier molecular flexibility index (Phi) is 3.43. The molecule has 1 unspecified atom stereocenters. The molecule has 1 atom stereocenters. The molecule has 0 amide bonds. The molecule has 16 heavy (non-hydrogen) atoms. The van der Waals surface area contributed by atoms with Crippen molar-refractivity contribution >= 4 is 40.8 Å². The SMILES string of the molecule is O=C1OCC=C(Cl)C1c1ccc(Cl)c(Cl)c1. The van der Waals surface area contributed by atoms with E-state index >= 15 is 0 Å². The van der Waals surface area contributed by atoms with Crippen LogP contribution < -0.4 is 0 Å². The van der Waals surface area contributed by atoms with Gasteiger partial charge in [-0.2, -0.15) is 0 Å². The molecule has 1 aromatic rings. The Hall–Kier alpha value is -0.700. The molecule has 0 radical (unpaired) electrons. The van der Waals surface area contributed by atoms with Crippen LogP contribution in [0.1, 0.15) is 11.5 Å². The Morgan fingerprint density at radius 3 is 2.56 bits per heavy atom. The zero-order chi connectivity index (χ0) is 11.7. The van der Waals surface area contributed by atoms with Crippen LogP contribution >= 0.6 is 34.8 Å². The van der Waals surface area contributed by atoms with Gasteiger partial charge in [-0.25, -0.2) is 0 Å². The van der Waals surface area contributed by atoms with E-state index in [0.717, 1.165) is 0 Å². The number of esters is 1. The molecule has 2 nitrogen and oxygen atoms in total. The van der Waals surface area contributed by atoms with E-state index in [1.54, 1.807) is 24.3 Å². The fraction of sp³-hybridized carbons (Fsp3) is 0.182. The average Bonchev–Trinajstić information content (AvgIpc) is 2.23. The van der Waals surface area contributed by atoms with Gasteiger partial charge >= 0.3 is 5.97 Å². The van der Waals surface area contributed by atoms with Crippen molar-refractivity contribution in [1.82, 2.24) is 0 Å². The molecular weight excluding hydrogens is 270 g/mol. The van der Waals surface area contributed by atoms with Gasteiger partial charge in [0, 0.05) is 5.03 Å². The lowest BCUT2D eigenvalue weighted by atomic mass is 9.97. The van der Waals surface area contributed by atoms with Gasteiger partial charge in [0.05, 0.1) is 10.0 Å². The van der Waals surface area contributed by atoms with Gasteiger partial charge in [-0.05, 0) is 23.8 Å². The van der Waals surface area contributed by atoms with Crippen molar-refractivity contribution in [3.05, 3.63) is 44.9 Å². The molecule has 84 valence electrons. The second-order valence-corrected chi connectivity index (χ2v) is 4.58. The normalized spacial score (nSPS) is 20.3. The smallest absolute Gasteiger partial charge is 0.319 e. The summed E-state index contributed by atoms with van der Waals surface area (Å²) >= 11 is 17.7. The van der Waals surface area contributed by atoms with Gasteiger partial charge in [0.15, 0.2) is 0 Å². The number of rotatable bonds is 1. The molecule has 2 rings (SSSR count). The first-order valence-electron chi connectivity index (χ1n) is 4.56. The summed E-state index contributed by atoms with van der Waals surface area (Å²) in [6.45, 7) is 0.218. The fourth-order valence-corrected chi connectivity index (χ4v) is 2.09. The minimum atomic E-state index is -0.592. The number of benzene rings is 1. The maximum atomic E-state index is 11.6. The second kappa shape index (κ2) is 4.66. The number of carbonyl (C=O) groups is 1. The highest BCUT2D eigenvalue weighted by atomic mass is 35.5. The van der Waals surface area contributed by atoms with Crippen LogP contribution in [0.3, 0.4) is 0 Å². The molecule has 0 aliphatic carbocycles. The molecule has 0 N–H and O–H groups in total. The van der Waals surface area contributed by atoms with Crippen molar-refractivity contribution in [3.8, 4) is 0 Å². The molecule has 1 aliphatic heterocycles. The molecule has 0 bridgehead atoms. The first-order chi connectivity index (χ1) is 7.59. The third-order valence-electron chi connectivity index (χ3n) is 2.29. The maximum Gasteiger partial charge on any atom is 0.319 e. The average molecular weight is 278 g/mol. The Labute approximate surface area is 108 Å². The lowest BCUT2D eigenvalue weighted by molar-refractivity contribution is -0.144. The molecule has 0 spiro atoms. The molecule has 0 saturated carbocycles. The Bertz CT molecular complexity index is 468. The Morgan fingerprint density at radius 1 is 1.19 bits per heavy atom. The van der Waals surface area contributed by atoms with E-state index in [-0.39, 0.29) is 12.6 Å². The highest BCUT2D eigenvalue weighted by Gasteiger charge is 2.28. The zero-order valence-electron chi connectivity index (χ0n) is 8.04. The molecule has 1 aromatic carbocycles. The maximum absolute atomic E-state index is 11.6. The minimum absolute atomic E-state index is 0.218. The standard InChI is InChI=1S/C11H7Cl3O2/c12-7-2-1-6(5-9(7)14)10-8(13)3-4-16-11(10)15/h1-3,5,10H,4H2. The molecular formula is C11H7Cl3O2. The van der Waals surface area contributed by atoms with Gasteiger partial charge < -0.3 is 4.74 Å². The van der Waals surface area contributed by atoms with E-state index in [9.17, 15) is 4.79 Å². The number of cyclic esters (lactones) is 1. The molecule has 0 aromatic heterocycles. The number of halogens is 3. The first-order valence-corrected chi connectivity index (χ1v) is 5.70. The van der Waals surface area contributed by atoms with E-state index < -0.39 is 5.92 Å². The monoisotopic (exact) mass is 276 g/mol. The number of hydrogen-bond donors (Lipinski definition) is 0. The van der Waals surface area contributed by atoms with Gasteiger partial charge in [0.25, 0.3) is 0 Å². The van der Waals surface area contributed by atoms with Crippen LogP contribution in [-0.2, 0) is 9.53 Å². The largest absolute Gasteiger partial charge is 0.461 e. The topological polar surface area (TPSA) is 26.3 Å². The first kappa shape index (κ1) is 11.8. The lowest BCUT2D eigenvalue weighted by Crippen LogP contribution is -2.20. The Balaban J connectivity index is 2.42. The van der Waals surface area contributed by atoms with Crippen molar-refractivity contribution in [1.29, 1.82) is 0 Å². The highest BCUT2D eigenvalue weighted by Crippen LogP contribution is 2.34. The van der Waals surface area contributed by atoms with Gasteiger partial charge in [-0.3, -0.25) is 4.79 Å². The third kappa shape index (κ3) is 2.19. The summed E-state index contributed by atoms with van der Waals surface area (Å²) in [5, 5.41) is 1.28. The predicted octanol–water partition coefficient (Wildman–Crippen LogP) is 3.76. The van der Waals surface area contributed by atoms with Crippen LogP contribution in [0.4, 0.5) is 0 Å². The summed E-state index contributed by atoms with van der Waals surface area (Å²) in [4.78, 5) is 11.6. The van der Waals surface area contributed by atoms with Crippen LogP contribution in [0.15, 0.2) is 29.3 Å².